The molecule has 1 heterocycles. The van der Waals surface area contributed by atoms with Gasteiger partial charge in [0, 0.05) is 16.8 Å². The van der Waals surface area contributed by atoms with Crippen LogP contribution >= 0.6 is 11.3 Å². The largest absolute Gasteiger partial charge is 0.377 e. The Labute approximate surface area is 98.2 Å². The Hall–Kier alpha value is -1.42. The van der Waals surface area contributed by atoms with Gasteiger partial charge < -0.3 is 5.32 Å². The fourth-order valence-electron chi connectivity index (χ4n) is 1.49. The maximum absolute atomic E-state index is 13.1. The van der Waals surface area contributed by atoms with Gasteiger partial charge in [-0.1, -0.05) is 6.07 Å². The number of aromatic nitrogens is 1. The zero-order valence-corrected chi connectivity index (χ0v) is 10.0. The van der Waals surface area contributed by atoms with E-state index in [4.69, 9.17) is 0 Å². The first-order valence-electron chi connectivity index (χ1n) is 5.08. The van der Waals surface area contributed by atoms with E-state index in [9.17, 15) is 4.39 Å². The van der Waals surface area contributed by atoms with Crippen LogP contribution in [0.4, 0.5) is 10.1 Å². The van der Waals surface area contributed by atoms with Crippen molar-refractivity contribution in [3.05, 3.63) is 46.2 Å². The van der Waals surface area contributed by atoms with Crippen molar-refractivity contribution in [1.29, 1.82) is 0 Å². The molecule has 0 radical (unpaired) electrons. The molecule has 84 valence electrons. The van der Waals surface area contributed by atoms with E-state index in [-0.39, 0.29) is 11.9 Å². The Bertz CT molecular complexity index is 468. The van der Waals surface area contributed by atoms with Crippen LogP contribution in [-0.4, -0.2) is 4.98 Å². The van der Waals surface area contributed by atoms with Crippen LogP contribution in [0, 0.1) is 12.7 Å². The monoisotopic (exact) mass is 236 g/mol. The van der Waals surface area contributed by atoms with Gasteiger partial charge in [0.15, 0.2) is 0 Å². The number of hydrogen-bond donors (Lipinski definition) is 1. The number of thiazole rings is 1. The van der Waals surface area contributed by atoms with Crippen LogP contribution in [0.5, 0.6) is 0 Å². The van der Waals surface area contributed by atoms with Crippen LogP contribution in [0.3, 0.4) is 0 Å². The molecule has 0 fully saturated rings. The molecule has 1 atom stereocenters. The minimum Gasteiger partial charge on any atom is -0.377 e. The molecule has 0 aliphatic rings. The minimum atomic E-state index is -0.218. The number of benzene rings is 1. The lowest BCUT2D eigenvalue weighted by atomic mass is 10.1. The summed E-state index contributed by atoms with van der Waals surface area (Å²) in [5, 5.41) is 3.28. The fraction of sp³-hybridized carbons (Fsp3) is 0.250. The highest BCUT2D eigenvalue weighted by atomic mass is 32.1. The number of rotatable bonds is 3. The van der Waals surface area contributed by atoms with E-state index in [1.54, 1.807) is 22.9 Å². The molecule has 2 aromatic rings. The van der Waals surface area contributed by atoms with Crippen LogP contribution in [0.15, 0.2) is 29.9 Å². The van der Waals surface area contributed by atoms with Crippen molar-refractivity contribution < 1.29 is 4.39 Å². The third-order valence-corrected chi connectivity index (χ3v) is 3.41. The molecule has 2 rings (SSSR count). The molecule has 1 aromatic heterocycles. The Morgan fingerprint density at radius 2 is 2.25 bits per heavy atom. The second kappa shape index (κ2) is 4.61. The number of hydrogen-bond acceptors (Lipinski definition) is 3. The summed E-state index contributed by atoms with van der Waals surface area (Å²) in [6, 6.07) is 4.91. The lowest BCUT2D eigenvalue weighted by Gasteiger charge is -2.15. The van der Waals surface area contributed by atoms with Crippen molar-refractivity contribution in [2.75, 3.05) is 5.32 Å². The van der Waals surface area contributed by atoms with Gasteiger partial charge in [-0.3, -0.25) is 4.98 Å². The smallest absolute Gasteiger partial charge is 0.125 e. The predicted octanol–water partition coefficient (Wildman–Crippen LogP) is 3.76. The summed E-state index contributed by atoms with van der Waals surface area (Å²) < 4.78 is 13.1. The molecule has 0 bridgehead atoms. The van der Waals surface area contributed by atoms with E-state index in [0.29, 0.717) is 0 Å². The van der Waals surface area contributed by atoms with Gasteiger partial charge in [-0.15, -0.1) is 11.3 Å². The predicted molar refractivity (Wildman–Crippen MR) is 65.3 cm³/mol. The van der Waals surface area contributed by atoms with Gasteiger partial charge in [-0.2, -0.15) is 0 Å². The highest BCUT2D eigenvalue weighted by molar-refractivity contribution is 7.09. The molecular weight excluding hydrogens is 223 g/mol. The van der Waals surface area contributed by atoms with E-state index in [2.05, 4.69) is 10.3 Å². The summed E-state index contributed by atoms with van der Waals surface area (Å²) in [5.74, 6) is -0.218. The van der Waals surface area contributed by atoms with E-state index < -0.39 is 0 Å². The molecule has 0 aliphatic carbocycles. The van der Waals surface area contributed by atoms with Gasteiger partial charge in [0.05, 0.1) is 11.6 Å². The lowest BCUT2D eigenvalue weighted by molar-refractivity contribution is 0.627. The normalized spacial score (nSPS) is 12.4. The zero-order chi connectivity index (χ0) is 11.5. The molecule has 0 amide bonds. The zero-order valence-electron chi connectivity index (χ0n) is 9.20. The van der Waals surface area contributed by atoms with Crippen LogP contribution in [-0.2, 0) is 0 Å². The van der Waals surface area contributed by atoms with Gasteiger partial charge in [0.2, 0.25) is 0 Å². The Morgan fingerprint density at radius 1 is 1.44 bits per heavy atom. The van der Waals surface area contributed by atoms with Crippen LogP contribution < -0.4 is 5.32 Å². The quantitative estimate of drug-likeness (QED) is 0.877. The maximum atomic E-state index is 13.1. The molecule has 0 spiro atoms. The maximum Gasteiger partial charge on any atom is 0.125 e. The summed E-state index contributed by atoms with van der Waals surface area (Å²) >= 11 is 1.59. The molecule has 0 saturated heterocycles. The summed E-state index contributed by atoms with van der Waals surface area (Å²) in [6.07, 6.45) is 1.83. The van der Waals surface area contributed by atoms with Crippen molar-refractivity contribution >= 4 is 17.0 Å². The van der Waals surface area contributed by atoms with Gasteiger partial charge in [-0.25, -0.2) is 4.39 Å². The average molecular weight is 236 g/mol. The topological polar surface area (TPSA) is 24.9 Å². The first kappa shape index (κ1) is 11.1. The Kier molecular flexibility index (Phi) is 3.19. The molecule has 1 aromatic carbocycles. The van der Waals surface area contributed by atoms with Crippen molar-refractivity contribution in [1.82, 2.24) is 4.98 Å². The van der Waals surface area contributed by atoms with Gasteiger partial charge >= 0.3 is 0 Å². The van der Waals surface area contributed by atoms with Gasteiger partial charge in [0.25, 0.3) is 0 Å². The average Bonchev–Trinajstić information content (AvgIpc) is 2.76. The third-order valence-electron chi connectivity index (χ3n) is 2.45. The summed E-state index contributed by atoms with van der Waals surface area (Å²) in [6.45, 7) is 4.00. The number of anilines is 1. The molecule has 0 aliphatic heterocycles. The molecule has 0 saturated carbocycles. The Morgan fingerprint density at radius 3 is 2.94 bits per heavy atom. The number of nitrogens with zero attached hydrogens (tertiary/aromatic N) is 1. The second-order valence-corrected chi connectivity index (χ2v) is 4.65. The number of nitrogens with one attached hydrogen (secondary N) is 1. The molecule has 16 heavy (non-hydrogen) atoms. The molecule has 2 nitrogen and oxygen atoms in total. The molecular formula is C12H13FN2S. The van der Waals surface area contributed by atoms with Gasteiger partial charge in [0.1, 0.15) is 5.82 Å². The van der Waals surface area contributed by atoms with E-state index >= 15 is 0 Å². The standard InChI is InChI=1S/C12H13FN2S/c1-8-3-4-10(13)5-11(8)15-9(2)12-6-14-7-16-12/h3-7,9,15H,1-2H3. The number of aryl methyl sites for hydroxylation is 1. The second-order valence-electron chi connectivity index (χ2n) is 3.73. The first-order valence-corrected chi connectivity index (χ1v) is 5.96. The highest BCUT2D eigenvalue weighted by Crippen LogP contribution is 2.24. The first-order chi connectivity index (χ1) is 7.66. The van der Waals surface area contributed by atoms with Crippen molar-refractivity contribution in [2.45, 2.75) is 19.9 Å². The van der Waals surface area contributed by atoms with Crippen molar-refractivity contribution in [2.24, 2.45) is 0 Å². The minimum absolute atomic E-state index is 0.146. The van der Waals surface area contributed by atoms with Crippen LogP contribution in [0.1, 0.15) is 23.4 Å². The lowest BCUT2D eigenvalue weighted by Crippen LogP contribution is -2.06. The van der Waals surface area contributed by atoms with Crippen LogP contribution in [0.2, 0.25) is 0 Å². The molecule has 4 heteroatoms. The van der Waals surface area contributed by atoms with Crippen molar-refractivity contribution in [3.8, 4) is 0 Å². The van der Waals surface area contributed by atoms with Crippen LogP contribution in [0.25, 0.3) is 0 Å². The Balaban J connectivity index is 2.17. The summed E-state index contributed by atoms with van der Waals surface area (Å²) in [4.78, 5) is 5.17. The van der Waals surface area contributed by atoms with E-state index in [0.717, 1.165) is 16.1 Å². The van der Waals surface area contributed by atoms with Gasteiger partial charge in [-0.05, 0) is 31.5 Å². The third kappa shape index (κ3) is 2.39. The fourth-order valence-corrected chi connectivity index (χ4v) is 2.12. The molecule has 1 unspecified atom stereocenters. The molecule has 1 N–H and O–H groups in total. The SMILES string of the molecule is Cc1ccc(F)cc1NC(C)c1cncs1. The highest BCUT2D eigenvalue weighted by Gasteiger charge is 2.08. The van der Waals surface area contributed by atoms with Crippen molar-refractivity contribution in [3.63, 3.8) is 0 Å². The summed E-state index contributed by atoms with van der Waals surface area (Å²) in [5.41, 5.74) is 3.67. The van der Waals surface area contributed by atoms with E-state index in [1.165, 1.54) is 12.1 Å². The number of halogens is 1. The summed E-state index contributed by atoms with van der Waals surface area (Å²) in [7, 11) is 0. The van der Waals surface area contributed by atoms with E-state index in [1.807, 2.05) is 20.0 Å².